The van der Waals surface area contributed by atoms with Crippen molar-refractivity contribution >= 4 is 33.0 Å². The molecule has 5 heteroatoms. The first-order valence-corrected chi connectivity index (χ1v) is 8.32. The summed E-state index contributed by atoms with van der Waals surface area (Å²) in [6.07, 6.45) is 5.01. The predicted octanol–water partition coefficient (Wildman–Crippen LogP) is 3.42. The maximum Gasteiger partial charge on any atom is 0.263 e. The van der Waals surface area contributed by atoms with Crippen molar-refractivity contribution in [3.05, 3.63) is 22.3 Å². The van der Waals surface area contributed by atoms with E-state index in [0.717, 1.165) is 40.4 Å². The van der Waals surface area contributed by atoms with Gasteiger partial charge in [-0.3, -0.25) is 9.78 Å². The lowest BCUT2D eigenvalue weighted by Gasteiger charge is -2.04. The smallest absolute Gasteiger partial charge is 0.263 e. The number of carbonyl (C=O) groups excluding carboxylic acids is 1. The Hall–Kier alpha value is -1.62. The number of nitrogen functional groups attached to an aromatic ring is 1. The number of nitrogens with zero attached hydrogens (tertiary/aromatic N) is 1. The summed E-state index contributed by atoms with van der Waals surface area (Å²) in [4.78, 5) is 17.3. The van der Waals surface area contributed by atoms with Crippen molar-refractivity contribution in [2.75, 3.05) is 12.3 Å². The molecule has 21 heavy (non-hydrogen) atoms. The molecule has 112 valence electrons. The van der Waals surface area contributed by atoms with E-state index in [4.69, 9.17) is 5.73 Å². The average molecular weight is 303 g/mol. The maximum atomic E-state index is 12.3. The number of fused-ring (bicyclic) bond motifs is 1. The molecular weight excluding hydrogens is 282 g/mol. The molecule has 1 saturated carbocycles. The molecular formula is C16H21N3OS. The summed E-state index contributed by atoms with van der Waals surface area (Å²) in [7, 11) is 0. The minimum Gasteiger partial charge on any atom is -0.397 e. The van der Waals surface area contributed by atoms with Crippen molar-refractivity contribution in [2.24, 2.45) is 5.92 Å². The van der Waals surface area contributed by atoms with Crippen molar-refractivity contribution < 1.29 is 4.79 Å². The fraction of sp³-hybridized carbons (Fsp3) is 0.500. The van der Waals surface area contributed by atoms with Crippen LogP contribution < -0.4 is 11.1 Å². The van der Waals surface area contributed by atoms with Crippen molar-refractivity contribution in [1.29, 1.82) is 0 Å². The van der Waals surface area contributed by atoms with Crippen LogP contribution in [-0.2, 0) is 0 Å². The van der Waals surface area contributed by atoms with E-state index in [1.54, 1.807) is 0 Å². The van der Waals surface area contributed by atoms with E-state index >= 15 is 0 Å². The number of pyridine rings is 1. The van der Waals surface area contributed by atoms with Gasteiger partial charge in [0.2, 0.25) is 0 Å². The van der Waals surface area contributed by atoms with E-state index in [1.165, 1.54) is 30.6 Å². The molecule has 0 saturated heterocycles. The minimum absolute atomic E-state index is 0.0541. The van der Waals surface area contributed by atoms with Gasteiger partial charge in [0.05, 0.1) is 5.69 Å². The molecule has 0 bridgehead atoms. The number of nitrogens with one attached hydrogen (secondary N) is 1. The second-order valence-electron chi connectivity index (χ2n) is 5.91. The summed E-state index contributed by atoms with van der Waals surface area (Å²) in [5, 5.41) is 3.91. The van der Waals surface area contributed by atoms with E-state index in [9.17, 15) is 4.79 Å². The molecule has 0 atom stereocenters. The summed E-state index contributed by atoms with van der Waals surface area (Å²) >= 11 is 1.46. The zero-order chi connectivity index (χ0) is 15.0. The van der Waals surface area contributed by atoms with Crippen LogP contribution >= 0.6 is 11.3 Å². The van der Waals surface area contributed by atoms with Gasteiger partial charge < -0.3 is 11.1 Å². The summed E-state index contributed by atoms with van der Waals surface area (Å²) < 4.78 is 1.04. The molecule has 4 nitrogen and oxygen atoms in total. The van der Waals surface area contributed by atoms with Crippen molar-refractivity contribution in [3.63, 3.8) is 0 Å². The van der Waals surface area contributed by atoms with Gasteiger partial charge in [0.25, 0.3) is 5.91 Å². The number of amides is 1. The lowest BCUT2D eigenvalue weighted by Crippen LogP contribution is -2.24. The highest BCUT2D eigenvalue weighted by atomic mass is 32.1. The normalized spacial score (nSPS) is 14.6. The number of hydrogen-bond acceptors (Lipinski definition) is 4. The second kappa shape index (κ2) is 5.64. The fourth-order valence-electron chi connectivity index (χ4n) is 2.73. The Labute approximate surface area is 128 Å². The number of carbonyl (C=O) groups is 1. The highest BCUT2D eigenvalue weighted by Gasteiger charge is 2.21. The molecule has 0 radical (unpaired) electrons. The summed E-state index contributed by atoms with van der Waals surface area (Å²) in [5.41, 5.74) is 8.58. The highest BCUT2D eigenvalue weighted by Crippen LogP contribution is 2.35. The van der Waals surface area contributed by atoms with E-state index in [2.05, 4.69) is 10.3 Å². The highest BCUT2D eigenvalue weighted by molar-refractivity contribution is 7.21. The summed E-state index contributed by atoms with van der Waals surface area (Å²) in [5.74, 6) is 0.856. The van der Waals surface area contributed by atoms with E-state index in [1.807, 2.05) is 19.9 Å². The van der Waals surface area contributed by atoms with Gasteiger partial charge in [-0.15, -0.1) is 11.3 Å². The van der Waals surface area contributed by atoms with Crippen LogP contribution in [-0.4, -0.2) is 17.4 Å². The molecule has 0 unspecified atom stereocenters. The van der Waals surface area contributed by atoms with Crippen LogP contribution in [0.1, 0.15) is 46.7 Å². The quantitative estimate of drug-likeness (QED) is 0.832. The number of nitrogens with two attached hydrogens (primary N) is 1. The monoisotopic (exact) mass is 303 g/mol. The van der Waals surface area contributed by atoms with Crippen LogP contribution in [0.3, 0.4) is 0 Å². The van der Waals surface area contributed by atoms with Crippen LogP contribution in [0.25, 0.3) is 10.1 Å². The first-order valence-electron chi connectivity index (χ1n) is 7.50. The van der Waals surface area contributed by atoms with E-state index in [-0.39, 0.29) is 5.91 Å². The maximum absolute atomic E-state index is 12.3. The third-order valence-electron chi connectivity index (χ3n) is 4.00. The molecule has 3 rings (SSSR count). The lowest BCUT2D eigenvalue weighted by atomic mass is 10.2. The van der Waals surface area contributed by atoms with Crippen LogP contribution in [0.4, 0.5) is 5.69 Å². The molecule has 1 amide bonds. The third-order valence-corrected chi connectivity index (χ3v) is 5.15. The second-order valence-corrected chi connectivity index (χ2v) is 6.96. The average Bonchev–Trinajstić information content (AvgIpc) is 3.18. The Bertz CT molecular complexity index is 688. The Balaban J connectivity index is 1.74. The molecule has 0 spiro atoms. The topological polar surface area (TPSA) is 68.0 Å². The van der Waals surface area contributed by atoms with Gasteiger partial charge in [0.1, 0.15) is 4.88 Å². The molecule has 0 aliphatic heterocycles. The van der Waals surface area contributed by atoms with Gasteiger partial charge in [-0.2, -0.15) is 0 Å². The van der Waals surface area contributed by atoms with Crippen molar-refractivity contribution in [3.8, 4) is 0 Å². The van der Waals surface area contributed by atoms with Gasteiger partial charge in [-0.1, -0.05) is 12.8 Å². The number of aryl methyl sites for hydroxylation is 2. The Morgan fingerprint density at radius 1 is 1.48 bits per heavy atom. The molecule has 2 heterocycles. The molecule has 1 fully saturated rings. The van der Waals surface area contributed by atoms with Gasteiger partial charge >= 0.3 is 0 Å². The summed E-state index contributed by atoms with van der Waals surface area (Å²) in [6, 6.07) is 1.99. The van der Waals surface area contributed by atoms with Gasteiger partial charge in [-0.25, -0.2) is 0 Å². The number of rotatable bonds is 5. The Morgan fingerprint density at radius 3 is 2.95 bits per heavy atom. The zero-order valence-electron chi connectivity index (χ0n) is 12.5. The number of hydrogen-bond donors (Lipinski definition) is 2. The van der Waals surface area contributed by atoms with Gasteiger partial charge in [-0.05, 0) is 38.7 Å². The van der Waals surface area contributed by atoms with Crippen molar-refractivity contribution in [1.82, 2.24) is 10.3 Å². The Kier molecular flexibility index (Phi) is 3.85. The lowest BCUT2D eigenvalue weighted by molar-refractivity contribution is 0.0957. The number of thiophene rings is 1. The van der Waals surface area contributed by atoms with Crippen LogP contribution in [0, 0.1) is 19.8 Å². The third kappa shape index (κ3) is 3.02. The number of aromatic nitrogens is 1. The van der Waals surface area contributed by atoms with E-state index in [0.29, 0.717) is 10.6 Å². The minimum atomic E-state index is -0.0541. The molecule has 0 aromatic carbocycles. The summed E-state index contributed by atoms with van der Waals surface area (Å²) in [6.45, 7) is 4.63. The first kappa shape index (κ1) is 14.3. The standard InChI is InChI=1S/C16H21N3OS/c1-9-8-12-13(10(2)19-9)14(17)15(21-12)16(20)18-7-3-4-11-5-6-11/h8,11H,3-7,17H2,1-2H3,(H,18,20). The molecule has 1 aliphatic carbocycles. The molecule has 2 aromatic heterocycles. The fourth-order valence-corrected chi connectivity index (χ4v) is 3.91. The SMILES string of the molecule is Cc1cc2sc(C(=O)NCCCC3CC3)c(N)c2c(C)n1. The Morgan fingerprint density at radius 2 is 2.24 bits per heavy atom. The van der Waals surface area contributed by atoms with Gasteiger partial charge in [0, 0.05) is 28.0 Å². The molecule has 3 N–H and O–H groups in total. The van der Waals surface area contributed by atoms with Crippen molar-refractivity contribution in [2.45, 2.75) is 39.5 Å². The van der Waals surface area contributed by atoms with Gasteiger partial charge in [0.15, 0.2) is 0 Å². The van der Waals surface area contributed by atoms with Crippen LogP contribution in [0.15, 0.2) is 6.07 Å². The number of anilines is 1. The largest absolute Gasteiger partial charge is 0.397 e. The molecule has 2 aromatic rings. The molecule has 1 aliphatic rings. The van der Waals surface area contributed by atoms with Crippen LogP contribution in [0.5, 0.6) is 0 Å². The predicted molar refractivity (Wildman–Crippen MR) is 87.8 cm³/mol. The zero-order valence-corrected chi connectivity index (χ0v) is 13.3. The van der Waals surface area contributed by atoms with E-state index < -0.39 is 0 Å². The first-order chi connectivity index (χ1) is 10.1. The van der Waals surface area contributed by atoms with Crippen LogP contribution in [0.2, 0.25) is 0 Å².